The Balaban J connectivity index is 0.00000161. The summed E-state index contributed by atoms with van der Waals surface area (Å²) in [6.45, 7) is 2.04. The van der Waals surface area contributed by atoms with Crippen LogP contribution in [0.2, 0.25) is 0 Å². The zero-order valence-corrected chi connectivity index (χ0v) is 12.6. The first-order valence-corrected chi connectivity index (χ1v) is 6.82. The van der Waals surface area contributed by atoms with Crippen LogP contribution >= 0.6 is 12.4 Å². The Morgan fingerprint density at radius 1 is 1.10 bits per heavy atom. The first-order valence-electron chi connectivity index (χ1n) is 6.82. The highest BCUT2D eigenvalue weighted by Crippen LogP contribution is 2.23. The lowest BCUT2D eigenvalue weighted by atomic mass is 9.95. The van der Waals surface area contributed by atoms with Gasteiger partial charge in [-0.15, -0.1) is 12.4 Å². The number of hydrogen-bond donors (Lipinski definition) is 0. The average molecular weight is 301 g/mol. The summed E-state index contributed by atoms with van der Waals surface area (Å²) in [6.07, 6.45) is 2.40. The van der Waals surface area contributed by atoms with Crippen LogP contribution in [0.15, 0.2) is 60.9 Å². The van der Waals surface area contributed by atoms with Gasteiger partial charge in [-0.3, -0.25) is 9.36 Å². The highest BCUT2D eigenvalue weighted by Gasteiger charge is 2.21. The van der Waals surface area contributed by atoms with E-state index in [9.17, 15) is 4.79 Å². The Kier molecular flexibility index (Phi) is 4.76. The summed E-state index contributed by atoms with van der Waals surface area (Å²) in [5.74, 6) is -0.0544. The highest BCUT2D eigenvalue weighted by molar-refractivity contribution is 5.93. The van der Waals surface area contributed by atoms with Gasteiger partial charge in [0.1, 0.15) is 6.33 Å². The third kappa shape index (κ3) is 2.83. The minimum absolute atomic E-state index is 0. The smallest absolute Gasteiger partial charge is 0.239 e. The van der Waals surface area contributed by atoms with E-state index in [4.69, 9.17) is 0 Å². The normalized spacial score (nSPS) is 11.9. The molecule has 3 rings (SSSR count). The maximum atomic E-state index is 12.8. The maximum absolute atomic E-state index is 12.8. The molecule has 1 aromatic heterocycles. The van der Waals surface area contributed by atoms with Crippen molar-refractivity contribution in [2.24, 2.45) is 0 Å². The molecule has 4 heteroatoms. The van der Waals surface area contributed by atoms with Crippen LogP contribution in [-0.2, 0) is 0 Å². The minimum Gasteiger partial charge on any atom is -0.273 e. The molecule has 0 bridgehead atoms. The highest BCUT2D eigenvalue weighted by atomic mass is 35.5. The summed E-state index contributed by atoms with van der Waals surface area (Å²) in [4.78, 5) is 17.1. The van der Waals surface area contributed by atoms with Crippen LogP contribution in [0.3, 0.4) is 0 Å². The van der Waals surface area contributed by atoms with Crippen LogP contribution in [0.5, 0.6) is 0 Å². The molecule has 0 spiro atoms. The lowest BCUT2D eigenvalue weighted by molar-refractivity contribution is 0.0880. The van der Waals surface area contributed by atoms with Crippen LogP contribution in [0, 0.1) is 0 Å². The lowest BCUT2D eigenvalue weighted by Crippen LogP contribution is -2.18. The lowest BCUT2D eigenvalue weighted by Gasteiger charge is -2.14. The van der Waals surface area contributed by atoms with E-state index in [2.05, 4.69) is 4.98 Å². The van der Waals surface area contributed by atoms with Crippen LogP contribution in [0.1, 0.15) is 29.6 Å². The van der Waals surface area contributed by atoms with E-state index in [-0.39, 0.29) is 24.2 Å². The van der Waals surface area contributed by atoms with Gasteiger partial charge in [0.05, 0.1) is 17.0 Å². The molecule has 0 aliphatic rings. The molecule has 0 aliphatic carbocycles. The molecule has 0 saturated heterocycles. The third-order valence-corrected chi connectivity index (χ3v) is 3.60. The van der Waals surface area contributed by atoms with Gasteiger partial charge in [0.2, 0.25) is 5.91 Å². The van der Waals surface area contributed by atoms with Crippen molar-refractivity contribution in [1.82, 2.24) is 9.55 Å². The zero-order valence-electron chi connectivity index (χ0n) is 11.8. The standard InChI is InChI=1S/C17H16N2O.ClH/c1-2-14(13-8-4-3-5-9-13)17(20)19-12-18-15-10-6-7-11-16(15)19;/h3-12,14H,2H2,1H3;1H. The Bertz CT molecular complexity index is 737. The van der Waals surface area contributed by atoms with Crippen molar-refractivity contribution >= 4 is 29.3 Å². The fourth-order valence-corrected chi connectivity index (χ4v) is 2.54. The molecule has 1 atom stereocenters. The van der Waals surface area contributed by atoms with E-state index in [1.54, 1.807) is 10.9 Å². The predicted octanol–water partition coefficient (Wildman–Crippen LogP) is 4.29. The molecule has 0 radical (unpaired) electrons. The third-order valence-electron chi connectivity index (χ3n) is 3.60. The number of carbonyl (C=O) groups is 1. The van der Waals surface area contributed by atoms with Crippen molar-refractivity contribution in [3.63, 3.8) is 0 Å². The molecule has 1 unspecified atom stereocenters. The van der Waals surface area contributed by atoms with Crippen molar-refractivity contribution in [2.45, 2.75) is 19.3 Å². The van der Waals surface area contributed by atoms with Gasteiger partial charge in [-0.1, -0.05) is 49.4 Å². The number of carbonyl (C=O) groups excluding carboxylic acids is 1. The summed E-state index contributed by atoms with van der Waals surface area (Å²) in [6, 6.07) is 17.6. The number of nitrogens with zero attached hydrogens (tertiary/aromatic N) is 2. The summed E-state index contributed by atoms with van der Waals surface area (Å²) in [5.41, 5.74) is 2.77. The van der Waals surface area contributed by atoms with Gasteiger partial charge >= 0.3 is 0 Å². The van der Waals surface area contributed by atoms with Crippen LogP contribution in [0.25, 0.3) is 11.0 Å². The van der Waals surface area contributed by atoms with Crippen molar-refractivity contribution in [3.05, 3.63) is 66.5 Å². The van der Waals surface area contributed by atoms with Crippen molar-refractivity contribution < 1.29 is 4.79 Å². The first kappa shape index (κ1) is 15.3. The second kappa shape index (κ2) is 6.55. The summed E-state index contributed by atoms with van der Waals surface area (Å²) in [5, 5.41) is 0. The molecule has 3 aromatic rings. The molecule has 0 fully saturated rings. The topological polar surface area (TPSA) is 34.9 Å². The quantitative estimate of drug-likeness (QED) is 0.723. The second-order valence-electron chi connectivity index (χ2n) is 4.81. The zero-order chi connectivity index (χ0) is 13.9. The number of fused-ring (bicyclic) bond motifs is 1. The van der Waals surface area contributed by atoms with Crippen molar-refractivity contribution in [3.8, 4) is 0 Å². The van der Waals surface area contributed by atoms with Gasteiger partial charge in [0.25, 0.3) is 0 Å². The number of imidazole rings is 1. The molecule has 0 aliphatic heterocycles. The van der Waals surface area contributed by atoms with Gasteiger partial charge in [-0.2, -0.15) is 0 Å². The second-order valence-corrected chi connectivity index (χ2v) is 4.81. The van der Waals surface area contributed by atoms with E-state index in [0.717, 1.165) is 23.0 Å². The molecule has 0 N–H and O–H groups in total. The molecular weight excluding hydrogens is 284 g/mol. The summed E-state index contributed by atoms with van der Waals surface area (Å²) < 4.78 is 1.66. The molecule has 0 amide bonds. The van der Waals surface area contributed by atoms with Crippen LogP contribution < -0.4 is 0 Å². The summed E-state index contributed by atoms with van der Waals surface area (Å²) >= 11 is 0. The van der Waals surface area contributed by atoms with Gasteiger partial charge in [0.15, 0.2) is 0 Å². The number of para-hydroxylation sites is 2. The maximum Gasteiger partial charge on any atom is 0.239 e. The van der Waals surface area contributed by atoms with Gasteiger partial charge < -0.3 is 0 Å². The Morgan fingerprint density at radius 2 is 1.76 bits per heavy atom. The Hall–Kier alpha value is -2.13. The predicted molar refractivity (Wildman–Crippen MR) is 87.1 cm³/mol. The minimum atomic E-state index is -0.131. The molecule has 3 nitrogen and oxygen atoms in total. The fourth-order valence-electron chi connectivity index (χ4n) is 2.54. The molecule has 0 saturated carbocycles. The van der Waals surface area contributed by atoms with E-state index in [0.29, 0.717) is 0 Å². The fraction of sp³-hybridized carbons (Fsp3) is 0.176. The summed E-state index contributed by atoms with van der Waals surface area (Å²) in [7, 11) is 0. The number of halogens is 1. The van der Waals surface area contributed by atoms with Gasteiger partial charge in [-0.05, 0) is 24.1 Å². The number of hydrogen-bond acceptors (Lipinski definition) is 2. The Labute approximate surface area is 130 Å². The number of aromatic nitrogens is 2. The van der Waals surface area contributed by atoms with Gasteiger partial charge in [-0.25, -0.2) is 4.98 Å². The van der Waals surface area contributed by atoms with Gasteiger partial charge in [0, 0.05) is 0 Å². The number of benzene rings is 2. The van der Waals surface area contributed by atoms with Crippen molar-refractivity contribution in [1.29, 1.82) is 0 Å². The first-order chi connectivity index (χ1) is 9.81. The Morgan fingerprint density at radius 3 is 2.48 bits per heavy atom. The molecular formula is C17H17ClN2O. The molecule has 21 heavy (non-hydrogen) atoms. The van der Waals surface area contributed by atoms with Crippen LogP contribution in [0.4, 0.5) is 0 Å². The molecule has 108 valence electrons. The van der Waals surface area contributed by atoms with Crippen molar-refractivity contribution in [2.75, 3.05) is 0 Å². The SMILES string of the molecule is CCC(C(=O)n1cnc2ccccc21)c1ccccc1.Cl. The number of rotatable bonds is 3. The molecule has 1 heterocycles. The average Bonchev–Trinajstić information content (AvgIpc) is 2.93. The van der Waals surface area contributed by atoms with E-state index < -0.39 is 0 Å². The van der Waals surface area contributed by atoms with E-state index >= 15 is 0 Å². The molecule has 2 aromatic carbocycles. The van der Waals surface area contributed by atoms with E-state index in [1.807, 2.05) is 61.5 Å². The monoisotopic (exact) mass is 300 g/mol. The van der Waals surface area contributed by atoms with Crippen LogP contribution in [-0.4, -0.2) is 15.5 Å². The largest absolute Gasteiger partial charge is 0.273 e. The van der Waals surface area contributed by atoms with E-state index in [1.165, 1.54) is 0 Å².